The van der Waals surface area contributed by atoms with E-state index in [9.17, 15) is 26.9 Å². The molecule has 39 heavy (non-hydrogen) atoms. The van der Waals surface area contributed by atoms with E-state index in [0.29, 0.717) is 32.1 Å². The van der Waals surface area contributed by atoms with Gasteiger partial charge in [0.2, 0.25) is 0 Å². The van der Waals surface area contributed by atoms with Crippen LogP contribution >= 0.6 is 0 Å². The molecule has 1 amide bonds. The van der Waals surface area contributed by atoms with Crippen molar-refractivity contribution in [3.05, 3.63) is 65.1 Å². The van der Waals surface area contributed by atoms with Gasteiger partial charge >= 0.3 is 229 Å². The molecule has 206 valence electrons. The molecule has 13 heteroatoms. The van der Waals surface area contributed by atoms with Crippen molar-refractivity contribution in [1.82, 2.24) is 14.2 Å². The summed E-state index contributed by atoms with van der Waals surface area (Å²) in [7, 11) is -3.25. The van der Waals surface area contributed by atoms with Gasteiger partial charge in [-0.25, -0.2) is 4.39 Å². The topological polar surface area (TPSA) is 111 Å². The minimum atomic E-state index is -3.76. The van der Waals surface area contributed by atoms with Crippen LogP contribution in [0.2, 0.25) is 8.35 Å². The zero-order valence-electron chi connectivity index (χ0n) is 21.8. The Morgan fingerprint density at radius 2 is 1.97 bits per heavy atom. The van der Waals surface area contributed by atoms with Gasteiger partial charge in [-0.05, 0) is 0 Å². The van der Waals surface area contributed by atoms with Gasteiger partial charge in [0.15, 0.2) is 0 Å². The summed E-state index contributed by atoms with van der Waals surface area (Å²) in [4.78, 5) is 19.2. The van der Waals surface area contributed by atoms with E-state index in [4.69, 9.17) is 0 Å². The van der Waals surface area contributed by atoms with E-state index in [1.807, 2.05) is 11.2 Å². The van der Waals surface area contributed by atoms with Crippen LogP contribution in [0.3, 0.4) is 0 Å². The predicted octanol–water partition coefficient (Wildman–Crippen LogP) is 3.03. The van der Waals surface area contributed by atoms with Gasteiger partial charge in [0.1, 0.15) is 5.82 Å². The molecule has 1 unspecified atom stereocenters. The van der Waals surface area contributed by atoms with Gasteiger partial charge in [-0.2, -0.15) is 0 Å². The van der Waals surface area contributed by atoms with Crippen molar-refractivity contribution in [2.45, 2.75) is 28.4 Å². The van der Waals surface area contributed by atoms with Crippen molar-refractivity contribution in [2.75, 3.05) is 33.7 Å². The van der Waals surface area contributed by atoms with Crippen LogP contribution in [0.4, 0.5) is 10.1 Å². The van der Waals surface area contributed by atoms with Crippen molar-refractivity contribution in [1.29, 1.82) is 0 Å². The molecule has 0 saturated carbocycles. The maximum atomic E-state index is 13.6. The molecule has 1 fully saturated rings. The van der Waals surface area contributed by atoms with Crippen molar-refractivity contribution < 1.29 is 26.9 Å². The number of anilines is 1. The standard InChI is InChI=1S/C21H19FN3O4S.C5H11NOS.In/c1-3-30(28,29)24(2)19-15-5-4-10-23-18(15)20(26)17-16(19)12-25(21(17)27)11-13-6-8-14(22)9-7-13;1-4-6(3)8(7)5-2;/h4-10,26H,1,3,11-12H2,2H3;1,3-5H2,2H3;. The molecule has 2 aliphatic rings. The number of nitrogens with zero attached hydrogens (tertiary/aromatic N) is 4. The van der Waals surface area contributed by atoms with Crippen LogP contribution in [0.25, 0.3) is 10.9 Å². The first kappa shape index (κ1) is 28.3. The first-order valence-electron chi connectivity index (χ1n) is 12.9. The Hall–Kier alpha value is -2.22. The molecule has 2 aromatic carbocycles. The number of pyridine rings is 1. The fourth-order valence-corrected chi connectivity index (χ4v) is 22.4. The average molecular weight is 676 g/mol. The Morgan fingerprint density at radius 3 is 2.69 bits per heavy atom. The first-order chi connectivity index (χ1) is 18.6. The summed E-state index contributed by atoms with van der Waals surface area (Å²) in [5.41, 5.74) is 1.70. The van der Waals surface area contributed by atoms with Crippen LogP contribution in [0.15, 0.2) is 42.6 Å². The third-order valence-corrected chi connectivity index (χ3v) is 21.6. The Bertz CT molecular complexity index is 1550. The predicted molar refractivity (Wildman–Crippen MR) is 151 cm³/mol. The quantitative estimate of drug-likeness (QED) is 0.374. The zero-order chi connectivity index (χ0) is 27.9. The number of sulfonamides is 1. The van der Waals surface area contributed by atoms with Gasteiger partial charge in [0.05, 0.1) is 0 Å². The second-order valence-corrected chi connectivity index (χ2v) is 23.1. The molecule has 0 aliphatic carbocycles. The van der Waals surface area contributed by atoms with Gasteiger partial charge in [0.25, 0.3) is 0 Å². The number of benzene rings is 2. The van der Waals surface area contributed by atoms with Crippen LogP contribution in [-0.2, 0) is 34.1 Å². The summed E-state index contributed by atoms with van der Waals surface area (Å²) in [5.74, 6) is -0.525. The van der Waals surface area contributed by atoms with Gasteiger partial charge in [-0.15, -0.1) is 0 Å². The average Bonchev–Trinajstić information content (AvgIpc) is 3.53. The summed E-state index contributed by atoms with van der Waals surface area (Å²) < 4.78 is 58.5. The Labute approximate surface area is 237 Å². The number of amides is 1. The second kappa shape index (κ2) is 11.3. The molecular weight excluding hydrogens is 646 g/mol. The minimum absolute atomic E-state index is 0.0124. The number of halogens is 1. The van der Waals surface area contributed by atoms with Crippen LogP contribution in [0, 0.1) is 5.82 Å². The Kier molecular flexibility index (Phi) is 8.23. The number of hydrogen-bond acceptors (Lipinski definition) is 6. The zero-order valence-corrected chi connectivity index (χ0v) is 26.8. The number of carbonyl (C=O) groups is 1. The molecule has 0 radical (unpaired) electrons. The molecule has 3 heterocycles. The van der Waals surface area contributed by atoms with Crippen LogP contribution in [0.1, 0.15) is 28.4 Å². The van der Waals surface area contributed by atoms with E-state index < -0.39 is 48.4 Å². The molecule has 1 N–H and O–H groups in total. The van der Waals surface area contributed by atoms with Gasteiger partial charge in [0, 0.05) is 0 Å². The number of aromatic hydroxyl groups is 1. The number of fused-ring (bicyclic) bond motifs is 2. The second-order valence-electron chi connectivity index (χ2n) is 9.96. The monoisotopic (exact) mass is 676 g/mol. The van der Waals surface area contributed by atoms with Crippen molar-refractivity contribution in [2.24, 2.45) is 0 Å². The molecule has 0 bridgehead atoms. The maximum absolute atomic E-state index is 13.6. The Morgan fingerprint density at radius 1 is 1.23 bits per heavy atom. The molecule has 9 nitrogen and oxygen atoms in total. The van der Waals surface area contributed by atoms with E-state index in [0.717, 1.165) is 15.0 Å². The fraction of sp³-hybridized carbons (Fsp3) is 0.385. The van der Waals surface area contributed by atoms with E-state index in [2.05, 4.69) is 4.98 Å². The van der Waals surface area contributed by atoms with E-state index in [-0.39, 0.29) is 41.5 Å². The molecule has 0 spiro atoms. The molecular formula is C26H30FInN4O5S2. The molecule has 3 aromatic rings. The van der Waals surface area contributed by atoms with Crippen molar-refractivity contribution >= 4 is 64.9 Å². The van der Waals surface area contributed by atoms with Crippen LogP contribution in [0.5, 0.6) is 5.75 Å². The van der Waals surface area contributed by atoms with Gasteiger partial charge < -0.3 is 0 Å². The Balaban J connectivity index is 1.45. The summed E-state index contributed by atoms with van der Waals surface area (Å²) in [6.45, 7) is 2.95. The normalized spacial score (nSPS) is 16.7. The van der Waals surface area contributed by atoms with E-state index >= 15 is 0 Å². The summed E-state index contributed by atoms with van der Waals surface area (Å²) in [5, 5.41) is 11.5. The molecule has 2 aliphatic heterocycles. The van der Waals surface area contributed by atoms with Crippen LogP contribution < -0.4 is 4.31 Å². The molecule has 1 aromatic heterocycles. The number of phenolic OH excluding ortho intramolecular Hbond substituents is 1. The number of carbonyl (C=O) groups excluding carboxylic acids is 1. The fourth-order valence-electron chi connectivity index (χ4n) is 5.42. The summed E-state index contributed by atoms with van der Waals surface area (Å²) in [6.07, 6.45) is 1.49. The van der Waals surface area contributed by atoms with E-state index in [1.54, 1.807) is 24.3 Å². The summed E-state index contributed by atoms with van der Waals surface area (Å²) >= 11 is -2.18. The number of aromatic nitrogens is 1. The van der Waals surface area contributed by atoms with E-state index in [1.165, 1.54) is 34.6 Å². The SMILES string of the molecule is CCS(=O)N1C[CH2][In]([CH2]CS(=O)(=O)N(C)c2c3c(c(O)c4ncccc24)C(=O)N(Cc2ccc(F)cc2)C3)[CH2]1. The molecule has 5 rings (SSSR count). The third kappa shape index (κ3) is 5.55. The number of rotatable bonds is 9. The van der Waals surface area contributed by atoms with Gasteiger partial charge in [-0.3, -0.25) is 0 Å². The van der Waals surface area contributed by atoms with Crippen LogP contribution in [-0.4, -0.2) is 88.7 Å². The molecule has 1 atom stereocenters. The van der Waals surface area contributed by atoms with Crippen molar-refractivity contribution in [3.8, 4) is 5.75 Å². The molecule has 1 saturated heterocycles. The number of phenols is 1. The number of hydrogen-bond donors (Lipinski definition) is 1. The third-order valence-electron chi connectivity index (χ3n) is 7.55. The van der Waals surface area contributed by atoms with Crippen molar-refractivity contribution in [3.63, 3.8) is 0 Å². The summed E-state index contributed by atoms with van der Waals surface area (Å²) in [6, 6.07) is 9.19. The van der Waals surface area contributed by atoms with Gasteiger partial charge in [-0.1, -0.05) is 0 Å². The first-order valence-corrected chi connectivity index (χ1v) is 22.7.